The number of hydrogen-bond acceptors (Lipinski definition) is 4. The smallest absolute Gasteiger partial charge is 0.308 e. The maximum absolute atomic E-state index is 2.70. The van der Waals surface area contributed by atoms with Crippen LogP contribution >= 0.6 is 7.87 Å². The first-order chi connectivity index (χ1) is 9.54. The van der Waals surface area contributed by atoms with Gasteiger partial charge in [0.05, 0.1) is 0 Å². The van der Waals surface area contributed by atoms with Crippen LogP contribution in [0.1, 0.15) is 48.5 Å². The Morgan fingerprint density at radius 1 is 0.524 bits per heavy atom. The van der Waals surface area contributed by atoms with Crippen LogP contribution in [0.25, 0.3) is 0 Å². The van der Waals surface area contributed by atoms with Crippen LogP contribution in [-0.4, -0.2) is 71.5 Å². The molecule has 0 aromatic carbocycles. The Morgan fingerprint density at radius 3 is 0.905 bits per heavy atom. The average molecular weight is 385 g/mol. The molecule has 0 heterocycles. The fourth-order valence-corrected chi connectivity index (χ4v) is 8.21. The average Bonchev–Trinajstić information content (AvgIpc) is 2.48. The van der Waals surface area contributed by atoms with Crippen molar-refractivity contribution < 1.29 is 17.0 Å². The Hall–Kier alpha value is 0.750. The Kier molecular flexibility index (Phi) is 14.0. The van der Waals surface area contributed by atoms with Crippen molar-refractivity contribution in [2.45, 2.75) is 48.5 Å². The molecule has 0 N–H and O–H groups in total. The molecule has 0 aromatic rings. The fraction of sp³-hybridized carbons (Fsp3) is 1.00. The minimum absolute atomic E-state index is 0. The second-order valence-corrected chi connectivity index (χ2v) is 8.38. The van der Waals surface area contributed by atoms with E-state index in [9.17, 15) is 0 Å². The zero-order valence-electron chi connectivity index (χ0n) is 15.6. The van der Waals surface area contributed by atoms with Gasteiger partial charge in [-0.05, 0) is 48.5 Å². The fourth-order valence-electron chi connectivity index (χ4n) is 3.18. The van der Waals surface area contributed by atoms with Gasteiger partial charge in [0.1, 0.15) is 0 Å². The van der Waals surface area contributed by atoms with Crippen LogP contribution in [-0.2, 0) is 0 Å². The third-order valence-electron chi connectivity index (χ3n) is 4.24. The molecular formula is C15H38BrN4P. The van der Waals surface area contributed by atoms with Gasteiger partial charge in [-0.2, -0.15) is 0 Å². The summed E-state index contributed by atoms with van der Waals surface area (Å²) in [6, 6.07) is 0. The lowest BCUT2D eigenvalue weighted by Gasteiger charge is -2.49. The summed E-state index contributed by atoms with van der Waals surface area (Å²) in [5, 5.41) is 0. The summed E-state index contributed by atoms with van der Waals surface area (Å²) < 4.78 is 10.7. The first-order valence-corrected chi connectivity index (χ1v) is 10.0. The van der Waals surface area contributed by atoms with E-state index < -0.39 is 7.87 Å². The summed E-state index contributed by atoms with van der Waals surface area (Å²) in [7, 11) is 0.724. The van der Waals surface area contributed by atoms with Crippen LogP contribution in [0.2, 0.25) is 0 Å². The van der Waals surface area contributed by atoms with Crippen molar-refractivity contribution in [1.82, 2.24) is 18.7 Å². The molecule has 0 aromatic heterocycles. The van der Waals surface area contributed by atoms with Crippen molar-refractivity contribution >= 4 is 7.87 Å². The highest BCUT2D eigenvalue weighted by Crippen LogP contribution is 2.68. The molecular weight excluding hydrogens is 347 g/mol. The van der Waals surface area contributed by atoms with Gasteiger partial charge in [-0.15, -0.1) is 18.7 Å². The molecule has 0 atom stereocenters. The number of nitrogens with zero attached hydrogens (tertiary/aromatic N) is 4. The third-order valence-corrected chi connectivity index (χ3v) is 9.42. The Balaban J connectivity index is 0. The maximum atomic E-state index is 2.70. The van der Waals surface area contributed by atoms with Crippen LogP contribution < -0.4 is 17.0 Å². The lowest BCUT2D eigenvalue weighted by Crippen LogP contribution is -3.00. The molecule has 0 aliphatic heterocycles. The van der Waals surface area contributed by atoms with Gasteiger partial charge in [-0.1, -0.05) is 0 Å². The molecule has 0 bridgehead atoms. The summed E-state index contributed by atoms with van der Waals surface area (Å²) in [6.45, 7) is 23.9. The van der Waals surface area contributed by atoms with Gasteiger partial charge < -0.3 is 17.0 Å². The number of halogens is 1. The monoisotopic (exact) mass is 384 g/mol. The zero-order valence-corrected chi connectivity index (χ0v) is 18.0. The zero-order chi connectivity index (χ0) is 15.8. The van der Waals surface area contributed by atoms with Crippen molar-refractivity contribution in [2.24, 2.45) is 0 Å². The van der Waals surface area contributed by atoms with E-state index in [1.54, 1.807) is 0 Å². The molecule has 0 fully saturated rings. The van der Waals surface area contributed by atoms with Gasteiger partial charge in [0.15, 0.2) is 0 Å². The van der Waals surface area contributed by atoms with Crippen molar-refractivity contribution in [2.75, 3.05) is 52.9 Å². The van der Waals surface area contributed by atoms with E-state index in [1.807, 2.05) is 0 Å². The van der Waals surface area contributed by atoms with E-state index in [1.165, 1.54) is 0 Å². The van der Waals surface area contributed by atoms with Crippen LogP contribution in [0.15, 0.2) is 0 Å². The van der Waals surface area contributed by atoms with E-state index in [4.69, 9.17) is 0 Å². The lowest BCUT2D eigenvalue weighted by molar-refractivity contribution is -0.00000532. The van der Waals surface area contributed by atoms with Crippen LogP contribution in [0.3, 0.4) is 0 Å². The van der Waals surface area contributed by atoms with Crippen LogP contribution in [0.4, 0.5) is 0 Å². The molecule has 0 aliphatic carbocycles. The predicted octanol–water partition coefficient (Wildman–Crippen LogP) is 0.645. The summed E-state index contributed by atoms with van der Waals surface area (Å²) >= 11 is 0. The highest BCUT2D eigenvalue weighted by Gasteiger charge is 2.57. The molecule has 0 amide bonds. The molecule has 130 valence electrons. The van der Waals surface area contributed by atoms with E-state index in [2.05, 4.69) is 74.2 Å². The van der Waals surface area contributed by atoms with Crippen molar-refractivity contribution in [3.8, 4) is 0 Å². The second kappa shape index (κ2) is 12.2. The predicted molar refractivity (Wildman–Crippen MR) is 94.0 cm³/mol. The quantitative estimate of drug-likeness (QED) is 0.484. The molecule has 0 saturated carbocycles. The van der Waals surface area contributed by atoms with Gasteiger partial charge in [0.25, 0.3) is 0 Å². The topological polar surface area (TPSA) is 13.0 Å². The first-order valence-electron chi connectivity index (χ1n) is 8.41. The minimum atomic E-state index is -1.58. The maximum Gasteiger partial charge on any atom is 0.308 e. The molecule has 4 nitrogen and oxygen atoms in total. The van der Waals surface area contributed by atoms with Gasteiger partial charge in [0, 0.05) is 52.9 Å². The summed E-state index contributed by atoms with van der Waals surface area (Å²) in [4.78, 5) is 0. The van der Waals surface area contributed by atoms with E-state index >= 15 is 0 Å². The van der Waals surface area contributed by atoms with Gasteiger partial charge in [-0.25, -0.2) is 0 Å². The molecule has 0 rings (SSSR count). The Labute approximate surface area is 145 Å². The standard InChI is InChI=1S/C15H38N4P.BrH/c1-9-16(8)20(17(10-2)11-3,18(12-4)13-5)19(14-6)15-7;/h9-15H2,1-8H3;1H/q+1;/p-1. The van der Waals surface area contributed by atoms with Crippen molar-refractivity contribution in [3.05, 3.63) is 0 Å². The van der Waals surface area contributed by atoms with Crippen molar-refractivity contribution in [3.63, 3.8) is 0 Å². The van der Waals surface area contributed by atoms with Crippen molar-refractivity contribution in [1.29, 1.82) is 0 Å². The SMILES string of the molecule is CCN(C)[P+](N(CC)CC)(N(CC)CC)N(CC)CC.[Br-]. The van der Waals surface area contributed by atoms with E-state index in [-0.39, 0.29) is 17.0 Å². The Morgan fingerprint density at radius 2 is 0.762 bits per heavy atom. The number of rotatable bonds is 11. The Bertz CT molecular complexity index is 213. The first kappa shape index (κ1) is 24.0. The normalized spacial score (nSPS) is 12.6. The molecule has 0 saturated heterocycles. The molecule has 0 unspecified atom stereocenters. The molecule has 0 spiro atoms. The highest BCUT2D eigenvalue weighted by atomic mass is 79.9. The van der Waals surface area contributed by atoms with Crippen LogP contribution in [0, 0.1) is 0 Å². The molecule has 0 radical (unpaired) electrons. The van der Waals surface area contributed by atoms with Gasteiger partial charge in [0.2, 0.25) is 0 Å². The third kappa shape index (κ3) is 4.86. The summed E-state index contributed by atoms with van der Waals surface area (Å²) in [6.07, 6.45) is 0. The van der Waals surface area contributed by atoms with Gasteiger partial charge >= 0.3 is 7.87 Å². The number of hydrogen-bond donors (Lipinski definition) is 0. The minimum Gasteiger partial charge on any atom is -1.00 e. The largest absolute Gasteiger partial charge is 1.00 e. The summed E-state index contributed by atoms with van der Waals surface area (Å²) in [5.41, 5.74) is 0. The molecule has 21 heavy (non-hydrogen) atoms. The molecule has 6 heteroatoms. The van der Waals surface area contributed by atoms with E-state index in [0.717, 1.165) is 45.8 Å². The van der Waals surface area contributed by atoms with Crippen LogP contribution in [0.5, 0.6) is 0 Å². The van der Waals surface area contributed by atoms with E-state index in [0.29, 0.717) is 0 Å². The lowest BCUT2D eigenvalue weighted by atomic mass is 10.7. The summed E-state index contributed by atoms with van der Waals surface area (Å²) in [5.74, 6) is 0. The molecule has 0 aliphatic rings. The second-order valence-electron chi connectivity index (χ2n) is 4.93. The highest BCUT2D eigenvalue weighted by molar-refractivity contribution is 7.66. The van der Waals surface area contributed by atoms with Gasteiger partial charge in [-0.3, -0.25) is 0 Å².